The van der Waals surface area contributed by atoms with Crippen LogP contribution in [0.4, 0.5) is 0 Å². The van der Waals surface area contributed by atoms with Gasteiger partial charge >= 0.3 is 11.9 Å². The molecule has 0 aromatic rings. The van der Waals surface area contributed by atoms with Crippen LogP contribution < -0.4 is 0 Å². The third-order valence-corrected chi connectivity index (χ3v) is 3.42. The van der Waals surface area contributed by atoms with Gasteiger partial charge in [-0.3, -0.25) is 9.59 Å². The van der Waals surface area contributed by atoms with E-state index in [2.05, 4.69) is 0 Å². The van der Waals surface area contributed by atoms with Gasteiger partial charge in [-0.25, -0.2) is 0 Å². The summed E-state index contributed by atoms with van der Waals surface area (Å²) < 4.78 is 5.40. The Hall–Kier alpha value is -0.883. The summed E-state index contributed by atoms with van der Waals surface area (Å²) in [5.41, 5.74) is -1.68. The van der Waals surface area contributed by atoms with Crippen molar-refractivity contribution in [3.05, 3.63) is 0 Å². The molecule has 0 aromatic heterocycles. The second kappa shape index (κ2) is 3.70. The first kappa shape index (κ1) is 11.2. The van der Waals surface area contributed by atoms with Crippen molar-refractivity contribution in [2.24, 2.45) is 5.41 Å². The summed E-state index contributed by atoms with van der Waals surface area (Å²) in [7, 11) is -1.39. The van der Waals surface area contributed by atoms with E-state index in [1.807, 2.05) is 13.1 Å². The van der Waals surface area contributed by atoms with Crippen molar-refractivity contribution in [2.75, 3.05) is 0 Å². The van der Waals surface area contributed by atoms with Crippen molar-refractivity contribution in [3.63, 3.8) is 0 Å². The average molecular weight is 218 g/mol. The second-order valence-corrected chi connectivity index (χ2v) is 6.16. The third kappa shape index (κ3) is 1.55. The van der Waals surface area contributed by atoms with Gasteiger partial charge in [-0.05, 0) is 25.9 Å². The van der Waals surface area contributed by atoms with Gasteiger partial charge < -0.3 is 14.6 Å². The Bertz CT molecular complexity index is 248. The molecule has 0 radical (unpaired) electrons. The van der Waals surface area contributed by atoms with Crippen LogP contribution in [0.3, 0.4) is 0 Å². The van der Waals surface area contributed by atoms with E-state index in [1.165, 1.54) is 0 Å². The minimum Gasteiger partial charge on any atom is -0.480 e. The van der Waals surface area contributed by atoms with Crippen LogP contribution in [0.2, 0.25) is 13.1 Å². The van der Waals surface area contributed by atoms with Crippen LogP contribution in [0.1, 0.15) is 12.8 Å². The van der Waals surface area contributed by atoms with Crippen molar-refractivity contribution in [2.45, 2.75) is 32.0 Å². The van der Waals surface area contributed by atoms with Crippen LogP contribution in [-0.4, -0.2) is 37.3 Å². The molecule has 1 aliphatic carbocycles. The minimum atomic E-state index is -1.68. The lowest BCUT2D eigenvalue weighted by Gasteiger charge is -2.43. The fourth-order valence-corrected chi connectivity index (χ4v) is 2.67. The van der Waals surface area contributed by atoms with E-state index in [-0.39, 0.29) is 6.42 Å². The maximum atomic E-state index is 10.9. The lowest BCUT2D eigenvalue weighted by molar-refractivity contribution is -0.184. The highest BCUT2D eigenvalue weighted by molar-refractivity contribution is 6.48. The highest BCUT2D eigenvalue weighted by atomic mass is 28.3. The molecule has 14 heavy (non-hydrogen) atoms. The predicted molar refractivity (Wildman–Crippen MR) is 50.7 cm³/mol. The fourth-order valence-electron chi connectivity index (χ4n) is 1.64. The van der Waals surface area contributed by atoms with Gasteiger partial charge in [0.1, 0.15) is 0 Å². The monoisotopic (exact) mass is 218 g/mol. The molecule has 0 bridgehead atoms. The molecule has 0 heterocycles. The number of hydrogen-bond acceptors (Lipinski definition) is 3. The van der Waals surface area contributed by atoms with E-state index in [9.17, 15) is 9.59 Å². The lowest BCUT2D eigenvalue weighted by atomic mass is 9.66. The highest BCUT2D eigenvalue weighted by Gasteiger charge is 2.60. The summed E-state index contributed by atoms with van der Waals surface area (Å²) in [6, 6.07) is 0. The average Bonchev–Trinajstić information content (AvgIpc) is 1.97. The number of rotatable bonds is 4. The molecule has 1 saturated carbocycles. The number of aliphatic carboxylic acids is 2. The van der Waals surface area contributed by atoms with Crippen molar-refractivity contribution in [3.8, 4) is 0 Å². The van der Waals surface area contributed by atoms with Crippen LogP contribution >= 0.6 is 0 Å². The number of carbonyl (C=O) groups is 2. The van der Waals surface area contributed by atoms with Crippen LogP contribution in [0.5, 0.6) is 0 Å². The minimum absolute atomic E-state index is 0.170. The van der Waals surface area contributed by atoms with Gasteiger partial charge in [-0.2, -0.15) is 0 Å². The molecule has 0 spiro atoms. The Balaban J connectivity index is 2.80. The highest BCUT2D eigenvalue weighted by Crippen LogP contribution is 2.44. The van der Waals surface area contributed by atoms with E-state index < -0.39 is 32.5 Å². The van der Waals surface area contributed by atoms with E-state index in [1.54, 1.807) is 0 Å². The maximum absolute atomic E-state index is 10.9. The molecule has 0 saturated heterocycles. The molecule has 80 valence electrons. The number of carboxylic acid groups (broad SMARTS) is 2. The van der Waals surface area contributed by atoms with E-state index in [4.69, 9.17) is 14.6 Å². The van der Waals surface area contributed by atoms with Crippen molar-refractivity contribution in [1.82, 2.24) is 0 Å². The largest absolute Gasteiger partial charge is 0.480 e. The van der Waals surface area contributed by atoms with Gasteiger partial charge in [-0.1, -0.05) is 0 Å². The maximum Gasteiger partial charge on any atom is 0.323 e. The Labute approximate surface area is 83.4 Å². The van der Waals surface area contributed by atoms with Crippen molar-refractivity contribution >= 4 is 21.0 Å². The topological polar surface area (TPSA) is 83.8 Å². The first-order chi connectivity index (χ1) is 6.41. The number of hydrogen-bond donors (Lipinski definition) is 2. The molecule has 0 aromatic carbocycles. The smallest absolute Gasteiger partial charge is 0.323 e. The van der Waals surface area contributed by atoms with Gasteiger partial charge in [0, 0.05) is 0 Å². The first-order valence-corrected chi connectivity index (χ1v) is 7.31. The summed E-state index contributed by atoms with van der Waals surface area (Å²) >= 11 is 0. The van der Waals surface area contributed by atoms with Gasteiger partial charge in [0.2, 0.25) is 0 Å². The van der Waals surface area contributed by atoms with E-state index in [0.717, 1.165) is 0 Å². The molecule has 6 heteroatoms. The van der Waals surface area contributed by atoms with E-state index >= 15 is 0 Å². The van der Waals surface area contributed by atoms with Crippen molar-refractivity contribution in [1.29, 1.82) is 0 Å². The zero-order valence-electron chi connectivity index (χ0n) is 8.19. The molecule has 1 unspecified atom stereocenters. The predicted octanol–water partition coefficient (Wildman–Crippen LogP) is 0.304. The van der Waals surface area contributed by atoms with Crippen LogP contribution in [-0.2, 0) is 14.0 Å². The Morgan fingerprint density at radius 1 is 1.36 bits per heavy atom. The molecule has 1 aliphatic rings. The molecule has 5 nitrogen and oxygen atoms in total. The molecule has 1 atom stereocenters. The standard InChI is InChI=1S/C8H14O5Si/c1-14(2)13-5-3-4-8(5,6(9)10)7(11)12/h5,14H,3-4H2,1-2H3,(H,9,10)(H,11,12). The number of carboxylic acids is 2. The quantitative estimate of drug-likeness (QED) is 0.524. The zero-order valence-corrected chi connectivity index (χ0v) is 9.34. The molecular formula is C8H14O5Si. The van der Waals surface area contributed by atoms with E-state index in [0.29, 0.717) is 6.42 Å². The molecule has 0 amide bonds. The first-order valence-electron chi connectivity index (χ1n) is 4.53. The van der Waals surface area contributed by atoms with Gasteiger partial charge in [0.15, 0.2) is 14.5 Å². The normalized spacial score (nSPS) is 24.4. The molecule has 2 N–H and O–H groups in total. The van der Waals surface area contributed by atoms with Gasteiger partial charge in [-0.15, -0.1) is 0 Å². The van der Waals surface area contributed by atoms with Crippen LogP contribution in [0.25, 0.3) is 0 Å². The van der Waals surface area contributed by atoms with Crippen LogP contribution in [0, 0.1) is 5.41 Å². The lowest BCUT2D eigenvalue weighted by Crippen LogP contribution is -2.58. The zero-order chi connectivity index (χ0) is 10.9. The molecular weight excluding hydrogens is 204 g/mol. The fraction of sp³-hybridized carbons (Fsp3) is 0.750. The van der Waals surface area contributed by atoms with Gasteiger partial charge in [0.05, 0.1) is 6.10 Å². The summed E-state index contributed by atoms with van der Waals surface area (Å²) in [5.74, 6) is -2.56. The third-order valence-electron chi connectivity index (χ3n) is 2.55. The summed E-state index contributed by atoms with van der Waals surface area (Å²) in [6.45, 7) is 3.79. The Morgan fingerprint density at radius 3 is 2.07 bits per heavy atom. The second-order valence-electron chi connectivity index (χ2n) is 3.79. The van der Waals surface area contributed by atoms with Crippen molar-refractivity contribution < 1.29 is 24.2 Å². The molecule has 1 rings (SSSR count). The molecule has 1 fully saturated rings. The SMILES string of the molecule is C[SiH](C)OC1CCC1(C(=O)O)C(=O)O. The molecule has 0 aliphatic heterocycles. The van der Waals surface area contributed by atoms with Gasteiger partial charge in [0.25, 0.3) is 0 Å². The summed E-state index contributed by atoms with van der Waals surface area (Å²) in [6.07, 6.45) is 0.0666. The summed E-state index contributed by atoms with van der Waals surface area (Å²) in [5, 5.41) is 17.8. The Morgan fingerprint density at radius 2 is 1.86 bits per heavy atom. The summed E-state index contributed by atoms with van der Waals surface area (Å²) in [4.78, 5) is 21.8. The Kier molecular flexibility index (Phi) is 2.96. The van der Waals surface area contributed by atoms with Crippen LogP contribution in [0.15, 0.2) is 0 Å².